The summed E-state index contributed by atoms with van der Waals surface area (Å²) < 4.78 is 2.27. The minimum absolute atomic E-state index is 0.751. The first-order chi connectivity index (χ1) is 9.86. The Hall–Kier alpha value is -1.07. The Bertz CT molecular complexity index is 594. The molecule has 0 amide bonds. The first kappa shape index (κ1) is 12.7. The number of anilines is 1. The summed E-state index contributed by atoms with van der Waals surface area (Å²) in [5.74, 6) is 2.16. The molecule has 0 bridgehead atoms. The van der Waals surface area contributed by atoms with E-state index in [1.165, 1.54) is 43.7 Å². The molecule has 2 heterocycles. The molecular formula is C15H22N4S. The molecule has 2 aromatic rings. The lowest BCUT2D eigenvalue weighted by Crippen LogP contribution is -2.30. The molecule has 1 N–H and O–H groups in total. The molecule has 4 rings (SSSR count). The van der Waals surface area contributed by atoms with Crippen molar-refractivity contribution in [3.8, 4) is 0 Å². The maximum Gasteiger partial charge on any atom is 0.195 e. The van der Waals surface area contributed by atoms with Gasteiger partial charge >= 0.3 is 0 Å². The van der Waals surface area contributed by atoms with Crippen LogP contribution in [0.1, 0.15) is 38.3 Å². The van der Waals surface area contributed by atoms with Crippen molar-refractivity contribution in [2.24, 2.45) is 5.92 Å². The number of nitrogens with one attached hydrogen (secondary N) is 1. The Balaban J connectivity index is 1.69. The van der Waals surface area contributed by atoms with Gasteiger partial charge < -0.3 is 10.2 Å². The predicted molar refractivity (Wildman–Crippen MR) is 83.5 cm³/mol. The second kappa shape index (κ2) is 5.04. The highest BCUT2D eigenvalue weighted by Gasteiger charge is 2.36. The van der Waals surface area contributed by atoms with E-state index in [1.807, 2.05) is 0 Å². The average Bonchev–Trinajstić information content (AvgIpc) is 3.34. The van der Waals surface area contributed by atoms with Crippen molar-refractivity contribution >= 4 is 22.1 Å². The van der Waals surface area contributed by atoms with Crippen LogP contribution in [0.3, 0.4) is 0 Å². The standard InChI is InChI=1S/C15H22N4S/c1-2-16-9-13-14(17-15-18(13)7-8-20-15)19(12-5-6-12)10-11-3-4-11/h7-8,11-12,16H,2-6,9-10H2,1H3. The quantitative estimate of drug-likeness (QED) is 0.851. The minimum Gasteiger partial charge on any atom is -0.352 e. The zero-order valence-corrected chi connectivity index (χ0v) is 12.8. The van der Waals surface area contributed by atoms with Gasteiger partial charge in [0, 0.05) is 30.7 Å². The molecule has 2 saturated carbocycles. The van der Waals surface area contributed by atoms with Gasteiger partial charge in [0.15, 0.2) is 10.8 Å². The van der Waals surface area contributed by atoms with Crippen LogP contribution in [0.15, 0.2) is 11.6 Å². The first-order valence-corrected chi connectivity index (χ1v) is 8.66. The SMILES string of the molecule is CCNCc1c(N(CC2CC2)C2CC2)nc2sccn12. The number of rotatable bonds is 7. The lowest BCUT2D eigenvalue weighted by molar-refractivity contribution is 0.678. The zero-order chi connectivity index (χ0) is 13.5. The molecule has 2 aromatic heterocycles. The molecule has 0 aliphatic heterocycles. The Labute approximate surface area is 123 Å². The lowest BCUT2D eigenvalue weighted by atomic mass is 10.3. The average molecular weight is 290 g/mol. The van der Waals surface area contributed by atoms with Crippen LogP contribution in [0.2, 0.25) is 0 Å². The van der Waals surface area contributed by atoms with Crippen LogP contribution >= 0.6 is 11.3 Å². The highest BCUT2D eigenvalue weighted by molar-refractivity contribution is 7.15. The molecule has 0 saturated heterocycles. The summed E-state index contributed by atoms with van der Waals surface area (Å²) in [5, 5.41) is 5.60. The van der Waals surface area contributed by atoms with Gasteiger partial charge in [-0.2, -0.15) is 0 Å². The number of imidazole rings is 1. The fourth-order valence-corrected chi connectivity index (χ4v) is 3.56. The smallest absolute Gasteiger partial charge is 0.195 e. The van der Waals surface area contributed by atoms with E-state index in [-0.39, 0.29) is 0 Å². The van der Waals surface area contributed by atoms with Gasteiger partial charge in [-0.1, -0.05) is 6.92 Å². The van der Waals surface area contributed by atoms with Crippen molar-refractivity contribution in [1.29, 1.82) is 0 Å². The molecule has 2 fully saturated rings. The topological polar surface area (TPSA) is 32.6 Å². The van der Waals surface area contributed by atoms with Crippen molar-refractivity contribution in [3.05, 3.63) is 17.3 Å². The summed E-state index contributed by atoms with van der Waals surface area (Å²) >= 11 is 1.74. The summed E-state index contributed by atoms with van der Waals surface area (Å²) in [7, 11) is 0. The van der Waals surface area contributed by atoms with Crippen LogP contribution < -0.4 is 10.2 Å². The molecule has 0 spiro atoms. The molecule has 4 nitrogen and oxygen atoms in total. The molecule has 20 heavy (non-hydrogen) atoms. The summed E-state index contributed by atoms with van der Waals surface area (Å²) in [4.78, 5) is 8.67. The molecule has 2 aliphatic rings. The Kier molecular flexibility index (Phi) is 3.19. The van der Waals surface area contributed by atoms with Crippen LogP contribution in [0, 0.1) is 5.92 Å². The van der Waals surface area contributed by atoms with Crippen molar-refractivity contribution in [2.75, 3.05) is 18.0 Å². The normalized spacial score (nSPS) is 18.9. The second-order valence-corrected chi connectivity index (χ2v) is 6.92. The van der Waals surface area contributed by atoms with E-state index in [9.17, 15) is 0 Å². The summed E-state index contributed by atoms with van der Waals surface area (Å²) in [6.07, 6.45) is 7.67. The van der Waals surface area contributed by atoms with Crippen molar-refractivity contribution < 1.29 is 0 Å². The van der Waals surface area contributed by atoms with Gasteiger partial charge in [0.1, 0.15) is 0 Å². The van der Waals surface area contributed by atoms with E-state index in [0.717, 1.165) is 30.0 Å². The molecule has 5 heteroatoms. The van der Waals surface area contributed by atoms with Gasteiger partial charge in [0.25, 0.3) is 0 Å². The highest BCUT2D eigenvalue weighted by Crippen LogP contribution is 2.39. The van der Waals surface area contributed by atoms with E-state index in [0.29, 0.717) is 0 Å². The van der Waals surface area contributed by atoms with Gasteiger partial charge in [-0.05, 0) is 38.1 Å². The minimum atomic E-state index is 0.751. The van der Waals surface area contributed by atoms with Crippen molar-refractivity contribution in [1.82, 2.24) is 14.7 Å². The van der Waals surface area contributed by atoms with Gasteiger partial charge in [0.2, 0.25) is 0 Å². The molecular weight excluding hydrogens is 268 g/mol. The number of aromatic nitrogens is 2. The van der Waals surface area contributed by atoms with Crippen LogP contribution in [0.5, 0.6) is 0 Å². The van der Waals surface area contributed by atoms with Gasteiger partial charge in [-0.25, -0.2) is 4.98 Å². The van der Waals surface area contributed by atoms with E-state index in [2.05, 4.69) is 33.1 Å². The molecule has 0 radical (unpaired) electrons. The Morgan fingerprint density at radius 2 is 2.25 bits per heavy atom. The first-order valence-electron chi connectivity index (χ1n) is 7.78. The third-order valence-corrected chi connectivity index (χ3v) is 5.05. The second-order valence-electron chi connectivity index (χ2n) is 6.04. The number of thiazole rings is 1. The summed E-state index contributed by atoms with van der Waals surface area (Å²) in [6.45, 7) is 5.30. The Morgan fingerprint density at radius 3 is 2.95 bits per heavy atom. The van der Waals surface area contributed by atoms with Gasteiger partial charge in [-0.15, -0.1) is 11.3 Å². The number of fused-ring (bicyclic) bond motifs is 1. The number of hydrogen-bond donors (Lipinski definition) is 1. The molecule has 108 valence electrons. The molecule has 0 atom stereocenters. The van der Waals surface area contributed by atoms with Crippen LogP contribution in [-0.2, 0) is 6.54 Å². The third kappa shape index (κ3) is 2.33. The van der Waals surface area contributed by atoms with E-state index < -0.39 is 0 Å². The Morgan fingerprint density at radius 1 is 1.40 bits per heavy atom. The molecule has 2 aliphatic carbocycles. The maximum absolute atomic E-state index is 4.94. The van der Waals surface area contributed by atoms with Crippen LogP contribution in [-0.4, -0.2) is 28.5 Å². The van der Waals surface area contributed by atoms with Crippen molar-refractivity contribution in [2.45, 2.75) is 45.2 Å². The van der Waals surface area contributed by atoms with Crippen molar-refractivity contribution in [3.63, 3.8) is 0 Å². The van der Waals surface area contributed by atoms with Gasteiger partial charge in [-0.3, -0.25) is 4.40 Å². The lowest BCUT2D eigenvalue weighted by Gasteiger charge is -2.23. The van der Waals surface area contributed by atoms with E-state index in [1.54, 1.807) is 11.3 Å². The zero-order valence-electron chi connectivity index (χ0n) is 12.0. The monoisotopic (exact) mass is 290 g/mol. The molecule has 0 unspecified atom stereocenters. The highest BCUT2D eigenvalue weighted by atomic mass is 32.1. The maximum atomic E-state index is 4.94. The largest absolute Gasteiger partial charge is 0.352 e. The summed E-state index contributed by atoms with van der Waals surface area (Å²) in [5.41, 5.74) is 1.34. The fourth-order valence-electron chi connectivity index (χ4n) is 2.83. The van der Waals surface area contributed by atoms with Crippen LogP contribution in [0.4, 0.5) is 5.82 Å². The number of nitrogens with zero attached hydrogens (tertiary/aromatic N) is 3. The molecule has 0 aromatic carbocycles. The third-order valence-electron chi connectivity index (χ3n) is 4.29. The fraction of sp³-hybridized carbons (Fsp3) is 0.667. The van der Waals surface area contributed by atoms with Gasteiger partial charge in [0.05, 0.1) is 5.69 Å². The number of hydrogen-bond acceptors (Lipinski definition) is 4. The van der Waals surface area contributed by atoms with E-state index in [4.69, 9.17) is 4.98 Å². The van der Waals surface area contributed by atoms with E-state index >= 15 is 0 Å². The predicted octanol–water partition coefficient (Wildman–Crippen LogP) is 2.88. The van der Waals surface area contributed by atoms with Crippen LogP contribution in [0.25, 0.3) is 4.96 Å². The summed E-state index contributed by atoms with van der Waals surface area (Å²) in [6, 6.07) is 0.751.